The van der Waals surface area contributed by atoms with E-state index < -0.39 is 23.9 Å². The van der Waals surface area contributed by atoms with Crippen LogP contribution in [0, 0.1) is 0 Å². The number of rotatable bonds is 86. The maximum atomic E-state index is 13.9. The van der Waals surface area contributed by atoms with E-state index in [1.807, 2.05) is 35.2 Å². The fourth-order valence-electron chi connectivity index (χ4n) is 14.5. The summed E-state index contributed by atoms with van der Waals surface area (Å²) in [5.74, 6) is -2.04. The maximum absolute atomic E-state index is 13.9. The summed E-state index contributed by atoms with van der Waals surface area (Å²) in [6.07, 6.45) is 81.0. The van der Waals surface area contributed by atoms with Crippen molar-refractivity contribution in [2.24, 2.45) is 0 Å². The first kappa shape index (κ1) is 100. The first-order valence-electron chi connectivity index (χ1n) is 46.2. The lowest BCUT2D eigenvalue weighted by atomic mass is 10.0. The minimum absolute atomic E-state index is 0.0455. The van der Waals surface area contributed by atoms with Crippen LogP contribution in [0.3, 0.4) is 0 Å². The van der Waals surface area contributed by atoms with E-state index in [4.69, 9.17) is 23.7 Å². The van der Waals surface area contributed by atoms with E-state index in [1.165, 1.54) is 334 Å². The number of carbonyl (C=O) groups excluding carboxylic acids is 5. The second-order valence-corrected chi connectivity index (χ2v) is 31.9. The van der Waals surface area contributed by atoms with Crippen LogP contribution in [0.5, 0.6) is 0 Å². The summed E-state index contributed by atoms with van der Waals surface area (Å²) in [4.78, 5) is 73.9. The molecule has 13 nitrogen and oxygen atoms in total. The van der Waals surface area contributed by atoms with Crippen molar-refractivity contribution in [2.45, 2.75) is 445 Å². The quantitative estimate of drug-likeness (QED) is 0.0347. The molecule has 0 saturated heterocycles. The van der Waals surface area contributed by atoms with Crippen molar-refractivity contribution in [1.82, 2.24) is 14.7 Å². The molecule has 0 spiro atoms. The predicted octanol–water partition coefficient (Wildman–Crippen LogP) is 25.9. The van der Waals surface area contributed by atoms with Gasteiger partial charge in [-0.05, 0) is 31.2 Å². The molecule has 0 atom stereocenters. The first-order valence-corrected chi connectivity index (χ1v) is 46.2. The van der Waals surface area contributed by atoms with Crippen molar-refractivity contribution in [3.63, 3.8) is 0 Å². The molecule has 1 aromatic rings. The number of benzene rings is 1. The molecule has 106 heavy (non-hydrogen) atoms. The van der Waals surface area contributed by atoms with Crippen LogP contribution in [-0.2, 0) is 54.3 Å². The van der Waals surface area contributed by atoms with Gasteiger partial charge >= 0.3 is 29.8 Å². The minimum Gasteiger partial charge on any atom is -0.465 e. The van der Waals surface area contributed by atoms with Gasteiger partial charge in [0.15, 0.2) is 0 Å². The monoisotopic (exact) mass is 1490 g/mol. The van der Waals surface area contributed by atoms with Gasteiger partial charge in [0.25, 0.3) is 0 Å². The number of hydrogen-bond donors (Lipinski definition) is 0. The Hall–Kier alpha value is -3.55. The second kappa shape index (κ2) is 82.4. The average molecular weight is 1490 g/mol. The van der Waals surface area contributed by atoms with Crippen LogP contribution in [0.4, 0.5) is 0 Å². The SMILES string of the molecule is CCCCCCCCCCCCCCCCCCOC(=O)CN(CCN(CC(=O)OCCCCCCCCCCCCCCCCCC)CC(=O)OCCCCCCCCCCCCCCCCCC)CCN(CC(=O)OCCCCCCCCCCCCCCCCCC)CC(=O)OCc1ccccc1. The number of nitrogens with zero attached hydrogens (tertiary/aromatic N) is 3. The highest BCUT2D eigenvalue weighted by atomic mass is 16.5. The van der Waals surface area contributed by atoms with Crippen LogP contribution in [0.15, 0.2) is 30.3 Å². The maximum Gasteiger partial charge on any atom is 0.320 e. The molecule has 0 aliphatic carbocycles. The molecule has 0 aliphatic rings. The van der Waals surface area contributed by atoms with E-state index in [2.05, 4.69) is 27.7 Å². The molecule has 0 aromatic heterocycles. The highest BCUT2D eigenvalue weighted by Crippen LogP contribution is 2.20. The Bertz CT molecular complexity index is 1980. The van der Waals surface area contributed by atoms with Crippen molar-refractivity contribution in [2.75, 3.05) is 85.3 Å². The molecule has 0 unspecified atom stereocenters. The molecule has 0 bridgehead atoms. The third-order valence-electron chi connectivity index (χ3n) is 21.5. The number of hydrogen-bond acceptors (Lipinski definition) is 13. The predicted molar refractivity (Wildman–Crippen MR) is 448 cm³/mol. The lowest BCUT2D eigenvalue weighted by molar-refractivity contribution is -0.150. The van der Waals surface area contributed by atoms with Crippen molar-refractivity contribution in [3.05, 3.63) is 35.9 Å². The van der Waals surface area contributed by atoms with Crippen LogP contribution in [0.25, 0.3) is 0 Å². The normalized spacial score (nSPS) is 11.6. The van der Waals surface area contributed by atoms with Crippen LogP contribution in [-0.4, -0.2) is 130 Å². The van der Waals surface area contributed by atoms with Gasteiger partial charge < -0.3 is 23.7 Å². The zero-order valence-electron chi connectivity index (χ0n) is 70.5. The van der Waals surface area contributed by atoms with Gasteiger partial charge in [-0.2, -0.15) is 0 Å². The summed E-state index contributed by atoms with van der Waals surface area (Å²) in [5, 5.41) is 0. The van der Waals surface area contributed by atoms with Crippen LogP contribution in [0.1, 0.15) is 444 Å². The molecule has 0 N–H and O–H groups in total. The lowest BCUT2D eigenvalue weighted by Gasteiger charge is -2.28. The Morgan fingerprint density at radius 3 is 0.566 bits per heavy atom. The third kappa shape index (κ3) is 74.5. The molecule has 1 rings (SSSR count). The van der Waals surface area contributed by atoms with Gasteiger partial charge in [-0.1, -0.05) is 443 Å². The number of esters is 5. The molecule has 1 aromatic carbocycles. The zero-order chi connectivity index (χ0) is 76.4. The topological polar surface area (TPSA) is 141 Å². The van der Waals surface area contributed by atoms with Crippen molar-refractivity contribution in [1.29, 1.82) is 0 Å². The van der Waals surface area contributed by atoms with Gasteiger partial charge in [-0.25, -0.2) is 0 Å². The molecule has 0 saturated carbocycles. The highest BCUT2D eigenvalue weighted by molar-refractivity contribution is 5.76. The standard InChI is InChI=1S/C93H173N3O10/c1-5-9-13-17-21-25-29-33-37-41-45-49-53-57-61-68-78-102-89(97)82-94(75-77-96(86-93(101)106-87-88-72-66-65-67-73-88)85-92(100)105-81-71-64-60-56-52-48-44-40-36-32-28-24-20-16-12-8-4)74-76-95(83-90(98)103-79-69-62-58-54-50-46-42-38-34-30-26-22-18-14-10-6-2)84-91(99)104-80-70-63-59-55-51-47-43-39-35-31-27-23-19-15-11-7-3/h65-67,72-73H,5-64,68-71,74-87H2,1-4H3. The highest BCUT2D eigenvalue weighted by Gasteiger charge is 2.23. The number of ether oxygens (including phenoxy) is 5. The Morgan fingerprint density at radius 2 is 0.368 bits per heavy atom. The van der Waals surface area contributed by atoms with Gasteiger partial charge in [-0.15, -0.1) is 0 Å². The number of carbonyl (C=O) groups is 5. The summed E-state index contributed by atoms with van der Waals surface area (Å²) >= 11 is 0. The van der Waals surface area contributed by atoms with E-state index in [-0.39, 0.29) is 64.9 Å². The minimum atomic E-state index is -0.471. The van der Waals surface area contributed by atoms with Crippen molar-refractivity contribution in [3.8, 4) is 0 Å². The summed E-state index contributed by atoms with van der Waals surface area (Å²) in [6.45, 7) is 11.1. The van der Waals surface area contributed by atoms with E-state index >= 15 is 0 Å². The van der Waals surface area contributed by atoms with Gasteiger partial charge in [0.05, 0.1) is 59.2 Å². The van der Waals surface area contributed by atoms with E-state index in [1.54, 1.807) is 9.80 Å². The van der Waals surface area contributed by atoms with Crippen LogP contribution in [0.2, 0.25) is 0 Å². The van der Waals surface area contributed by atoms with Crippen LogP contribution >= 0.6 is 0 Å². The molecule has 0 amide bonds. The van der Waals surface area contributed by atoms with Crippen molar-refractivity contribution >= 4 is 29.8 Å². The van der Waals surface area contributed by atoms with Gasteiger partial charge in [0.2, 0.25) is 0 Å². The largest absolute Gasteiger partial charge is 0.465 e. The molecule has 0 heterocycles. The van der Waals surface area contributed by atoms with Crippen molar-refractivity contribution < 1.29 is 47.7 Å². The summed E-state index contributed by atoms with van der Waals surface area (Å²) in [5.41, 5.74) is 0.864. The average Bonchev–Trinajstić information content (AvgIpc) is 0.920. The fourth-order valence-corrected chi connectivity index (χ4v) is 14.5. The molecular weight excluding hydrogens is 1320 g/mol. The Kier molecular flexibility index (Phi) is 78.1. The summed E-state index contributed by atoms with van der Waals surface area (Å²) < 4.78 is 29.1. The second-order valence-electron chi connectivity index (χ2n) is 31.9. The molecule has 0 radical (unpaired) electrons. The molecule has 0 aliphatic heterocycles. The fraction of sp³-hybridized carbons (Fsp3) is 0.882. The number of unbranched alkanes of at least 4 members (excludes halogenated alkanes) is 60. The lowest BCUT2D eigenvalue weighted by Crippen LogP contribution is -2.46. The molecular formula is C93H173N3O10. The summed E-state index contributed by atoms with van der Waals surface area (Å²) in [6, 6.07) is 9.55. The van der Waals surface area contributed by atoms with Gasteiger partial charge in [0, 0.05) is 26.2 Å². The Labute approximate surface area is 655 Å². The third-order valence-corrected chi connectivity index (χ3v) is 21.5. The Morgan fingerprint density at radius 1 is 0.208 bits per heavy atom. The molecule has 0 fully saturated rings. The zero-order valence-corrected chi connectivity index (χ0v) is 70.5. The first-order chi connectivity index (χ1) is 52.2. The van der Waals surface area contributed by atoms with E-state index in [0.717, 1.165) is 82.6 Å². The smallest absolute Gasteiger partial charge is 0.320 e. The van der Waals surface area contributed by atoms with E-state index in [0.29, 0.717) is 33.0 Å². The van der Waals surface area contributed by atoms with Gasteiger partial charge in [0.1, 0.15) is 6.61 Å². The summed E-state index contributed by atoms with van der Waals surface area (Å²) in [7, 11) is 0. The molecule has 620 valence electrons. The Balaban J connectivity index is 3.06. The molecule has 13 heteroatoms. The van der Waals surface area contributed by atoms with Gasteiger partial charge in [-0.3, -0.25) is 38.7 Å². The van der Waals surface area contributed by atoms with Crippen LogP contribution < -0.4 is 0 Å². The van der Waals surface area contributed by atoms with E-state index in [9.17, 15) is 24.0 Å².